The molecule has 0 fully saturated rings. The number of nitrogens with zero attached hydrogens (tertiary/aromatic N) is 3. The van der Waals surface area contributed by atoms with Crippen LogP contribution < -0.4 is 10.2 Å². The third-order valence-electron chi connectivity index (χ3n) is 2.64. The van der Waals surface area contributed by atoms with E-state index in [0.29, 0.717) is 18.9 Å². The number of hydrogen-bond donors (Lipinski definition) is 1. The number of hydrogen-bond acceptors (Lipinski definition) is 5. The van der Waals surface area contributed by atoms with E-state index in [2.05, 4.69) is 34.0 Å². The van der Waals surface area contributed by atoms with Gasteiger partial charge in [0, 0.05) is 32.6 Å². The second-order valence-corrected chi connectivity index (χ2v) is 5.31. The fraction of sp³-hybridized carbons (Fsp3) is 0.643. The minimum Gasteiger partial charge on any atom is -0.369 e. The van der Waals surface area contributed by atoms with Crippen molar-refractivity contribution >= 4 is 17.4 Å². The Morgan fingerprint density at radius 3 is 2.68 bits per heavy atom. The summed E-state index contributed by atoms with van der Waals surface area (Å²) in [6, 6.07) is 1.93. The molecule has 5 nitrogen and oxygen atoms in total. The van der Waals surface area contributed by atoms with Crippen molar-refractivity contribution in [2.75, 3.05) is 30.4 Å². The lowest BCUT2D eigenvalue weighted by atomic mass is 10.2. The van der Waals surface area contributed by atoms with Gasteiger partial charge in [0.1, 0.15) is 23.2 Å². The molecule has 0 aromatic carbocycles. The third-order valence-corrected chi connectivity index (χ3v) is 2.64. The summed E-state index contributed by atoms with van der Waals surface area (Å²) >= 11 is 0. The third kappa shape index (κ3) is 5.68. The number of carbonyl (C=O) groups excluding carboxylic acids is 1. The van der Waals surface area contributed by atoms with Crippen molar-refractivity contribution in [1.29, 1.82) is 0 Å². The highest BCUT2D eigenvalue weighted by molar-refractivity contribution is 5.75. The van der Waals surface area contributed by atoms with Crippen molar-refractivity contribution in [1.82, 2.24) is 9.97 Å². The molecule has 0 aliphatic heterocycles. The summed E-state index contributed by atoms with van der Waals surface area (Å²) in [7, 11) is 2.03. The van der Waals surface area contributed by atoms with E-state index in [1.165, 1.54) is 0 Å². The average Bonchev–Trinajstić information content (AvgIpc) is 2.26. The maximum Gasteiger partial charge on any atom is 0.134 e. The number of rotatable bonds is 7. The highest BCUT2D eigenvalue weighted by Crippen LogP contribution is 2.15. The number of aromatic nitrogens is 2. The van der Waals surface area contributed by atoms with Crippen LogP contribution in [0, 0.1) is 12.8 Å². The lowest BCUT2D eigenvalue weighted by Crippen LogP contribution is -2.24. The van der Waals surface area contributed by atoms with E-state index in [-0.39, 0.29) is 5.78 Å². The van der Waals surface area contributed by atoms with Crippen LogP contribution in [-0.4, -0.2) is 35.9 Å². The highest BCUT2D eigenvalue weighted by Gasteiger charge is 2.08. The van der Waals surface area contributed by atoms with Crippen LogP contribution in [-0.2, 0) is 4.79 Å². The number of ketones is 1. The average molecular weight is 264 g/mol. The number of carbonyl (C=O) groups is 1. The minimum absolute atomic E-state index is 0.176. The molecule has 1 aromatic heterocycles. The Balaban J connectivity index is 2.73. The summed E-state index contributed by atoms with van der Waals surface area (Å²) in [6.45, 7) is 9.38. The van der Waals surface area contributed by atoms with Gasteiger partial charge in [0.05, 0.1) is 0 Å². The molecule has 0 saturated carbocycles. The Morgan fingerprint density at radius 2 is 2.11 bits per heavy atom. The van der Waals surface area contributed by atoms with Gasteiger partial charge < -0.3 is 10.2 Å². The summed E-state index contributed by atoms with van der Waals surface area (Å²) in [4.78, 5) is 21.8. The largest absolute Gasteiger partial charge is 0.369 e. The molecule has 0 spiro atoms. The highest BCUT2D eigenvalue weighted by atomic mass is 16.1. The lowest BCUT2D eigenvalue weighted by molar-refractivity contribution is -0.116. The van der Waals surface area contributed by atoms with Crippen LogP contribution in [0.2, 0.25) is 0 Å². The fourth-order valence-corrected chi connectivity index (χ4v) is 1.85. The van der Waals surface area contributed by atoms with Crippen LogP contribution in [0.4, 0.5) is 11.6 Å². The summed E-state index contributed by atoms with van der Waals surface area (Å²) in [6.07, 6.45) is 0.514. The summed E-state index contributed by atoms with van der Waals surface area (Å²) in [5.74, 6) is 3.18. The summed E-state index contributed by atoms with van der Waals surface area (Å²) < 4.78 is 0. The fourth-order valence-electron chi connectivity index (χ4n) is 1.85. The topological polar surface area (TPSA) is 58.1 Å². The van der Waals surface area contributed by atoms with Gasteiger partial charge in [-0.25, -0.2) is 9.97 Å². The van der Waals surface area contributed by atoms with Crippen molar-refractivity contribution in [3.8, 4) is 0 Å². The van der Waals surface area contributed by atoms with E-state index in [9.17, 15) is 4.79 Å². The normalized spacial score (nSPS) is 10.6. The van der Waals surface area contributed by atoms with Gasteiger partial charge >= 0.3 is 0 Å². The zero-order valence-electron chi connectivity index (χ0n) is 12.5. The molecule has 0 radical (unpaired) electrons. The van der Waals surface area contributed by atoms with Crippen LogP contribution in [0.5, 0.6) is 0 Å². The monoisotopic (exact) mass is 264 g/mol. The first-order valence-corrected chi connectivity index (χ1v) is 6.68. The first-order chi connectivity index (χ1) is 8.88. The van der Waals surface area contributed by atoms with Crippen molar-refractivity contribution in [2.45, 2.75) is 34.1 Å². The van der Waals surface area contributed by atoms with Crippen LogP contribution in [0.15, 0.2) is 6.07 Å². The molecule has 1 N–H and O–H groups in total. The maximum atomic E-state index is 10.9. The van der Waals surface area contributed by atoms with Gasteiger partial charge in [-0.2, -0.15) is 0 Å². The Kier molecular flexibility index (Phi) is 5.73. The standard InChI is InChI=1S/C14H24N4O/c1-10(2)9-18(5)14-8-13(16-12(4)17-14)15-7-6-11(3)19/h8,10H,6-7,9H2,1-5H3,(H,15,16,17). The maximum absolute atomic E-state index is 10.9. The Bertz CT molecular complexity index is 431. The van der Waals surface area contributed by atoms with E-state index in [4.69, 9.17) is 0 Å². The second kappa shape index (κ2) is 7.07. The van der Waals surface area contributed by atoms with Crippen molar-refractivity contribution in [3.63, 3.8) is 0 Å². The molecule has 1 heterocycles. The molecule has 0 unspecified atom stereocenters. The zero-order valence-corrected chi connectivity index (χ0v) is 12.5. The first-order valence-electron chi connectivity index (χ1n) is 6.68. The van der Waals surface area contributed by atoms with Crippen LogP contribution in [0.25, 0.3) is 0 Å². The molecular weight excluding hydrogens is 240 g/mol. The zero-order chi connectivity index (χ0) is 14.4. The molecule has 0 saturated heterocycles. The SMILES string of the molecule is CC(=O)CCNc1cc(N(C)CC(C)C)nc(C)n1. The van der Waals surface area contributed by atoms with Crippen LogP contribution >= 0.6 is 0 Å². The second-order valence-electron chi connectivity index (χ2n) is 5.31. The molecule has 0 bridgehead atoms. The van der Waals surface area contributed by atoms with Crippen molar-refractivity contribution < 1.29 is 4.79 Å². The van der Waals surface area contributed by atoms with E-state index < -0.39 is 0 Å². The van der Waals surface area contributed by atoms with E-state index in [1.54, 1.807) is 6.92 Å². The molecule has 1 aromatic rings. The van der Waals surface area contributed by atoms with Crippen molar-refractivity contribution in [3.05, 3.63) is 11.9 Å². The predicted octanol–water partition coefficient (Wildman–Crippen LogP) is 2.27. The van der Waals surface area contributed by atoms with Gasteiger partial charge in [-0.15, -0.1) is 0 Å². The first kappa shape index (κ1) is 15.4. The molecule has 0 amide bonds. The van der Waals surface area contributed by atoms with Gasteiger partial charge in [-0.05, 0) is 19.8 Å². The van der Waals surface area contributed by atoms with Gasteiger partial charge in [0.25, 0.3) is 0 Å². The molecule has 106 valence electrons. The Labute approximate surface area is 115 Å². The summed E-state index contributed by atoms with van der Waals surface area (Å²) in [5, 5.41) is 3.17. The lowest BCUT2D eigenvalue weighted by Gasteiger charge is -2.21. The Hall–Kier alpha value is -1.65. The molecule has 19 heavy (non-hydrogen) atoms. The van der Waals surface area contributed by atoms with Crippen molar-refractivity contribution in [2.24, 2.45) is 5.92 Å². The number of nitrogens with one attached hydrogen (secondary N) is 1. The molecule has 5 heteroatoms. The quantitative estimate of drug-likeness (QED) is 0.818. The molecule has 0 atom stereocenters. The van der Waals surface area contributed by atoms with Crippen LogP contribution in [0.1, 0.15) is 33.0 Å². The number of anilines is 2. The molecule has 0 aliphatic carbocycles. The summed E-state index contributed by atoms with van der Waals surface area (Å²) in [5.41, 5.74) is 0. The van der Waals surface area contributed by atoms with Gasteiger partial charge in [0.2, 0.25) is 0 Å². The van der Waals surface area contributed by atoms with Gasteiger partial charge in [-0.3, -0.25) is 4.79 Å². The predicted molar refractivity (Wildman–Crippen MR) is 78.7 cm³/mol. The van der Waals surface area contributed by atoms with Gasteiger partial charge in [-0.1, -0.05) is 13.8 Å². The van der Waals surface area contributed by atoms with E-state index >= 15 is 0 Å². The number of aryl methyl sites for hydroxylation is 1. The molecule has 1 rings (SSSR count). The number of Topliss-reactive ketones (excluding diaryl/α,β-unsaturated/α-hetero) is 1. The van der Waals surface area contributed by atoms with Crippen LogP contribution in [0.3, 0.4) is 0 Å². The molecular formula is C14H24N4O. The Morgan fingerprint density at radius 1 is 1.42 bits per heavy atom. The van der Waals surface area contributed by atoms with E-state index in [0.717, 1.165) is 24.0 Å². The minimum atomic E-state index is 0.176. The molecule has 0 aliphatic rings. The van der Waals surface area contributed by atoms with Gasteiger partial charge in [0.15, 0.2) is 0 Å². The smallest absolute Gasteiger partial charge is 0.134 e. The van der Waals surface area contributed by atoms with E-state index in [1.807, 2.05) is 20.0 Å².